The Bertz CT molecular complexity index is 937. The second kappa shape index (κ2) is 7.27. The summed E-state index contributed by atoms with van der Waals surface area (Å²) in [6.45, 7) is 0. The van der Waals surface area contributed by atoms with E-state index in [4.69, 9.17) is 16.3 Å². The van der Waals surface area contributed by atoms with Crippen molar-refractivity contribution in [2.45, 2.75) is 19.3 Å². The predicted molar refractivity (Wildman–Crippen MR) is 92.4 cm³/mol. The number of rotatable bonds is 5. The second-order valence-corrected chi connectivity index (χ2v) is 5.70. The summed E-state index contributed by atoms with van der Waals surface area (Å²) in [5.74, 6) is 0.539. The van der Waals surface area contributed by atoms with E-state index < -0.39 is 0 Å². The monoisotopic (exact) mass is 342 g/mol. The number of aryl methyl sites for hydroxylation is 1. The van der Waals surface area contributed by atoms with Gasteiger partial charge in [0.05, 0.1) is 15.9 Å². The van der Waals surface area contributed by atoms with Crippen LogP contribution >= 0.6 is 11.6 Å². The topological polar surface area (TPSA) is 72.0 Å². The highest BCUT2D eigenvalue weighted by molar-refractivity contribution is 6.32. The molecule has 0 radical (unpaired) electrons. The quantitative estimate of drug-likeness (QED) is 0.569. The third-order valence-electron chi connectivity index (χ3n) is 3.52. The summed E-state index contributed by atoms with van der Waals surface area (Å²) in [5, 5.41) is 0.950. The lowest BCUT2D eigenvalue weighted by atomic mass is 10.2. The molecular weight excluding hydrogens is 328 g/mol. The average molecular weight is 343 g/mol. The normalized spacial score (nSPS) is 10.7. The van der Waals surface area contributed by atoms with E-state index in [1.54, 1.807) is 42.5 Å². The van der Waals surface area contributed by atoms with Gasteiger partial charge in [-0.15, -0.1) is 0 Å². The van der Waals surface area contributed by atoms with Gasteiger partial charge in [0.2, 0.25) is 0 Å². The molecule has 0 spiro atoms. The number of nitrogens with zero attached hydrogens (tertiary/aromatic N) is 1. The van der Waals surface area contributed by atoms with Crippen molar-refractivity contribution in [2.24, 2.45) is 0 Å². The van der Waals surface area contributed by atoms with E-state index in [2.05, 4.69) is 9.97 Å². The molecule has 6 heteroatoms. The van der Waals surface area contributed by atoms with E-state index in [9.17, 15) is 9.59 Å². The molecule has 0 aliphatic carbocycles. The van der Waals surface area contributed by atoms with Gasteiger partial charge in [0.1, 0.15) is 11.6 Å². The van der Waals surface area contributed by atoms with Crippen LogP contribution in [0.3, 0.4) is 0 Å². The Balaban J connectivity index is 1.59. The molecule has 0 bridgehead atoms. The van der Waals surface area contributed by atoms with Gasteiger partial charge in [-0.3, -0.25) is 9.59 Å². The number of aromatic amines is 1. The Kier molecular flexibility index (Phi) is 4.91. The highest BCUT2D eigenvalue weighted by Gasteiger charge is 2.09. The summed E-state index contributed by atoms with van der Waals surface area (Å²) >= 11 is 5.94. The zero-order chi connectivity index (χ0) is 16.9. The Morgan fingerprint density at radius 1 is 1.12 bits per heavy atom. The van der Waals surface area contributed by atoms with Crippen molar-refractivity contribution in [1.29, 1.82) is 0 Å². The molecule has 2 aromatic carbocycles. The number of carbonyl (C=O) groups is 1. The summed E-state index contributed by atoms with van der Waals surface area (Å²) in [7, 11) is 0. The summed E-state index contributed by atoms with van der Waals surface area (Å²) in [6, 6.07) is 14.0. The fraction of sp³-hybridized carbons (Fsp3) is 0.167. The van der Waals surface area contributed by atoms with Crippen LogP contribution in [0.15, 0.2) is 53.3 Å². The average Bonchev–Trinajstić information content (AvgIpc) is 2.57. The molecule has 1 aromatic heterocycles. The number of H-pyrrole nitrogens is 1. The van der Waals surface area contributed by atoms with Gasteiger partial charge in [-0.05, 0) is 30.7 Å². The van der Waals surface area contributed by atoms with Crippen molar-refractivity contribution in [2.75, 3.05) is 0 Å². The molecule has 0 atom stereocenters. The van der Waals surface area contributed by atoms with Gasteiger partial charge in [-0.25, -0.2) is 4.98 Å². The molecule has 0 fully saturated rings. The molecule has 0 unspecified atom stereocenters. The van der Waals surface area contributed by atoms with Crippen molar-refractivity contribution in [3.05, 3.63) is 69.7 Å². The first-order valence-electron chi connectivity index (χ1n) is 7.56. The Hall–Kier alpha value is -2.66. The number of para-hydroxylation sites is 2. The Morgan fingerprint density at radius 3 is 2.71 bits per heavy atom. The maximum Gasteiger partial charge on any atom is 0.311 e. The van der Waals surface area contributed by atoms with Crippen LogP contribution in [0.25, 0.3) is 10.9 Å². The fourth-order valence-electron chi connectivity index (χ4n) is 2.35. The molecule has 1 heterocycles. The van der Waals surface area contributed by atoms with E-state index in [0.717, 1.165) is 0 Å². The number of halogens is 1. The molecule has 3 rings (SSSR count). The van der Waals surface area contributed by atoms with Crippen molar-refractivity contribution in [1.82, 2.24) is 9.97 Å². The molecule has 0 saturated carbocycles. The summed E-state index contributed by atoms with van der Waals surface area (Å²) in [5.41, 5.74) is 0.476. The van der Waals surface area contributed by atoms with Crippen LogP contribution in [-0.4, -0.2) is 15.9 Å². The number of benzene rings is 2. The number of aromatic nitrogens is 2. The highest BCUT2D eigenvalue weighted by Crippen LogP contribution is 2.23. The van der Waals surface area contributed by atoms with Gasteiger partial charge in [0, 0.05) is 12.8 Å². The minimum absolute atomic E-state index is 0.172. The van der Waals surface area contributed by atoms with Gasteiger partial charge in [0.25, 0.3) is 5.56 Å². The first kappa shape index (κ1) is 16.2. The molecule has 5 nitrogen and oxygen atoms in total. The zero-order valence-corrected chi connectivity index (χ0v) is 13.5. The van der Waals surface area contributed by atoms with Crippen molar-refractivity contribution in [3.8, 4) is 5.75 Å². The molecule has 0 amide bonds. The lowest BCUT2D eigenvalue weighted by molar-refractivity contribution is -0.134. The zero-order valence-electron chi connectivity index (χ0n) is 12.8. The van der Waals surface area contributed by atoms with Crippen LogP contribution in [0.2, 0.25) is 5.02 Å². The first-order valence-corrected chi connectivity index (χ1v) is 7.94. The molecular formula is C18H15ClN2O3. The number of nitrogens with one attached hydrogen (secondary N) is 1. The van der Waals surface area contributed by atoms with Crippen molar-refractivity contribution in [3.63, 3.8) is 0 Å². The number of fused-ring (bicyclic) bond motifs is 1. The standard InChI is InChI=1S/C18H15ClN2O3/c19-13-7-2-4-9-15(13)24-17(22)11-5-10-16-20-14-8-3-1-6-12(14)18(23)21-16/h1-4,6-9H,5,10-11H2,(H,20,21,23). The van der Waals surface area contributed by atoms with Crippen LogP contribution in [0.5, 0.6) is 5.75 Å². The fourth-order valence-corrected chi connectivity index (χ4v) is 2.53. The van der Waals surface area contributed by atoms with Crippen LogP contribution in [0.1, 0.15) is 18.7 Å². The Labute approximate surface area is 143 Å². The maximum atomic E-state index is 12.0. The van der Waals surface area contributed by atoms with Gasteiger partial charge >= 0.3 is 5.97 Å². The van der Waals surface area contributed by atoms with Gasteiger partial charge in [-0.2, -0.15) is 0 Å². The summed E-state index contributed by atoms with van der Waals surface area (Å²) < 4.78 is 5.21. The van der Waals surface area contributed by atoms with Crippen molar-refractivity contribution < 1.29 is 9.53 Å². The number of hydrogen-bond donors (Lipinski definition) is 1. The predicted octanol–water partition coefficient (Wildman–Crippen LogP) is 3.50. The number of ether oxygens (including phenoxy) is 1. The molecule has 0 aliphatic rings. The molecule has 0 aliphatic heterocycles. The number of hydrogen-bond acceptors (Lipinski definition) is 4. The third kappa shape index (κ3) is 3.81. The molecule has 1 N–H and O–H groups in total. The van der Waals surface area contributed by atoms with Crippen LogP contribution in [0, 0.1) is 0 Å². The van der Waals surface area contributed by atoms with E-state index in [0.29, 0.717) is 40.3 Å². The number of esters is 1. The SMILES string of the molecule is O=C(CCCc1nc2ccccc2c(=O)[nH]1)Oc1ccccc1Cl. The smallest absolute Gasteiger partial charge is 0.311 e. The summed E-state index contributed by atoms with van der Waals surface area (Å²) in [6.07, 6.45) is 1.21. The highest BCUT2D eigenvalue weighted by atomic mass is 35.5. The van der Waals surface area contributed by atoms with Gasteiger partial charge < -0.3 is 9.72 Å². The Morgan fingerprint density at radius 2 is 1.88 bits per heavy atom. The van der Waals surface area contributed by atoms with Gasteiger partial charge in [-0.1, -0.05) is 35.9 Å². The lowest BCUT2D eigenvalue weighted by Crippen LogP contribution is -2.13. The van der Waals surface area contributed by atoms with E-state index in [1.165, 1.54) is 0 Å². The lowest BCUT2D eigenvalue weighted by Gasteiger charge is -2.06. The first-order chi connectivity index (χ1) is 11.6. The van der Waals surface area contributed by atoms with Crippen LogP contribution in [-0.2, 0) is 11.2 Å². The molecule has 24 heavy (non-hydrogen) atoms. The molecule has 122 valence electrons. The van der Waals surface area contributed by atoms with Crippen LogP contribution < -0.4 is 10.3 Å². The van der Waals surface area contributed by atoms with Crippen molar-refractivity contribution >= 4 is 28.5 Å². The van der Waals surface area contributed by atoms with E-state index in [1.807, 2.05) is 6.07 Å². The third-order valence-corrected chi connectivity index (χ3v) is 3.83. The summed E-state index contributed by atoms with van der Waals surface area (Å²) in [4.78, 5) is 31.0. The van der Waals surface area contributed by atoms with E-state index in [-0.39, 0.29) is 17.9 Å². The minimum atomic E-state index is -0.369. The minimum Gasteiger partial charge on any atom is -0.425 e. The maximum absolute atomic E-state index is 12.0. The van der Waals surface area contributed by atoms with Crippen LogP contribution in [0.4, 0.5) is 0 Å². The van der Waals surface area contributed by atoms with E-state index >= 15 is 0 Å². The number of carbonyl (C=O) groups excluding carboxylic acids is 1. The molecule has 0 saturated heterocycles. The van der Waals surface area contributed by atoms with Gasteiger partial charge in [0.15, 0.2) is 0 Å². The molecule has 3 aromatic rings. The second-order valence-electron chi connectivity index (χ2n) is 5.29. The largest absolute Gasteiger partial charge is 0.425 e.